The van der Waals surface area contributed by atoms with Crippen molar-refractivity contribution in [2.24, 2.45) is 5.92 Å². The van der Waals surface area contributed by atoms with Gasteiger partial charge in [0, 0.05) is 24.5 Å². The molecule has 0 radical (unpaired) electrons. The maximum Gasteiger partial charge on any atom is 0.242 e. The van der Waals surface area contributed by atoms with E-state index in [9.17, 15) is 8.42 Å². The number of rotatable bonds is 8. The summed E-state index contributed by atoms with van der Waals surface area (Å²) in [7, 11) is -3.43. The van der Waals surface area contributed by atoms with Gasteiger partial charge >= 0.3 is 0 Å². The molecule has 5 nitrogen and oxygen atoms in total. The highest BCUT2D eigenvalue weighted by molar-refractivity contribution is 7.89. The minimum atomic E-state index is -3.43. The first-order valence-corrected chi connectivity index (χ1v) is 8.29. The van der Waals surface area contributed by atoms with E-state index in [2.05, 4.69) is 21.9 Å². The van der Waals surface area contributed by atoms with Crippen LogP contribution in [-0.4, -0.2) is 26.0 Å². The van der Waals surface area contributed by atoms with E-state index in [-0.39, 0.29) is 6.04 Å². The molecule has 2 unspecified atom stereocenters. The Bertz CT molecular complexity index is 482. The fourth-order valence-corrected chi connectivity index (χ4v) is 3.09. The van der Waals surface area contributed by atoms with Crippen LogP contribution in [0.5, 0.6) is 0 Å². The van der Waals surface area contributed by atoms with Gasteiger partial charge in [0.25, 0.3) is 0 Å². The summed E-state index contributed by atoms with van der Waals surface area (Å²) in [6.45, 7) is 9.51. The van der Waals surface area contributed by atoms with Crippen molar-refractivity contribution in [3.63, 3.8) is 0 Å². The van der Waals surface area contributed by atoms with Gasteiger partial charge in [-0.2, -0.15) is 0 Å². The van der Waals surface area contributed by atoms with E-state index in [1.54, 1.807) is 12.3 Å². The van der Waals surface area contributed by atoms with Gasteiger partial charge in [0.2, 0.25) is 10.0 Å². The second-order valence-corrected chi connectivity index (χ2v) is 6.65. The molecule has 1 aromatic rings. The van der Waals surface area contributed by atoms with E-state index in [4.69, 9.17) is 0 Å². The van der Waals surface area contributed by atoms with Crippen LogP contribution in [0.4, 0.5) is 0 Å². The van der Waals surface area contributed by atoms with Crippen LogP contribution >= 0.6 is 0 Å². The Hall–Kier alpha value is -0.850. The lowest BCUT2D eigenvalue weighted by molar-refractivity contribution is 0.434. The second-order valence-electron chi connectivity index (χ2n) is 4.94. The zero-order valence-corrected chi connectivity index (χ0v) is 13.0. The normalized spacial score (nSPS) is 15.4. The van der Waals surface area contributed by atoms with Crippen LogP contribution in [0.25, 0.3) is 0 Å². The molecule has 1 heterocycles. The van der Waals surface area contributed by atoms with Gasteiger partial charge in [0.15, 0.2) is 0 Å². The molecule has 0 aliphatic heterocycles. The van der Waals surface area contributed by atoms with E-state index in [0.29, 0.717) is 17.4 Å². The van der Waals surface area contributed by atoms with Crippen LogP contribution in [0.3, 0.4) is 0 Å². The third-order valence-electron chi connectivity index (χ3n) is 3.43. The molecule has 0 bridgehead atoms. The summed E-state index contributed by atoms with van der Waals surface area (Å²) in [5, 5.41) is 3.15. The average molecular weight is 287 g/mol. The standard InChI is InChI=1S/C13H25N3O2S/c1-5-10(3)11(4)16-19(17,18)13-7-12(15-9-13)8-14-6-2/h7,9-11,14-16H,5-6,8H2,1-4H3. The fraction of sp³-hybridized carbons (Fsp3) is 0.692. The molecule has 1 rings (SSSR count). The van der Waals surface area contributed by atoms with Crippen molar-refractivity contribution in [1.29, 1.82) is 0 Å². The van der Waals surface area contributed by atoms with Crippen LogP contribution in [0, 0.1) is 5.92 Å². The Labute approximate surface area is 116 Å². The first-order valence-electron chi connectivity index (χ1n) is 6.81. The summed E-state index contributed by atoms with van der Waals surface area (Å²) in [6, 6.07) is 1.61. The van der Waals surface area contributed by atoms with Crippen LogP contribution in [0.15, 0.2) is 17.2 Å². The largest absolute Gasteiger partial charge is 0.363 e. The van der Waals surface area contributed by atoms with Gasteiger partial charge in [-0.05, 0) is 25.5 Å². The van der Waals surface area contributed by atoms with Crippen LogP contribution in [0.2, 0.25) is 0 Å². The van der Waals surface area contributed by atoms with Crippen molar-refractivity contribution >= 4 is 10.0 Å². The number of hydrogen-bond donors (Lipinski definition) is 3. The maximum atomic E-state index is 12.2. The molecule has 0 aliphatic rings. The Morgan fingerprint density at radius 2 is 2.00 bits per heavy atom. The molecule has 6 heteroatoms. The molecule has 0 saturated heterocycles. The van der Waals surface area contributed by atoms with E-state index < -0.39 is 10.0 Å². The van der Waals surface area contributed by atoms with Gasteiger partial charge in [-0.15, -0.1) is 0 Å². The van der Waals surface area contributed by atoms with Crippen LogP contribution in [-0.2, 0) is 16.6 Å². The smallest absolute Gasteiger partial charge is 0.242 e. The number of aromatic amines is 1. The van der Waals surface area contributed by atoms with Crippen molar-refractivity contribution in [3.05, 3.63) is 18.0 Å². The SMILES string of the molecule is CCNCc1cc(S(=O)(=O)NC(C)C(C)CC)c[nH]1. The molecule has 19 heavy (non-hydrogen) atoms. The first-order chi connectivity index (χ1) is 8.90. The molecular formula is C13H25N3O2S. The minimum absolute atomic E-state index is 0.0675. The maximum absolute atomic E-state index is 12.2. The predicted octanol–water partition coefficient (Wildman–Crippen LogP) is 1.84. The third-order valence-corrected chi connectivity index (χ3v) is 4.97. The third kappa shape index (κ3) is 4.63. The van der Waals surface area contributed by atoms with Gasteiger partial charge < -0.3 is 10.3 Å². The Balaban J connectivity index is 2.74. The molecule has 110 valence electrons. The highest BCUT2D eigenvalue weighted by Crippen LogP contribution is 2.14. The number of hydrogen-bond acceptors (Lipinski definition) is 3. The molecule has 2 atom stereocenters. The second kappa shape index (κ2) is 7.07. The lowest BCUT2D eigenvalue weighted by atomic mass is 10.0. The topological polar surface area (TPSA) is 74.0 Å². The molecule has 0 aromatic carbocycles. The summed E-state index contributed by atoms with van der Waals surface area (Å²) >= 11 is 0. The zero-order chi connectivity index (χ0) is 14.5. The molecule has 0 saturated carbocycles. The van der Waals surface area contributed by atoms with Gasteiger partial charge in [0.1, 0.15) is 0 Å². The van der Waals surface area contributed by atoms with Crippen LogP contribution in [0.1, 0.15) is 39.8 Å². The van der Waals surface area contributed by atoms with Crippen molar-refractivity contribution in [1.82, 2.24) is 15.0 Å². The van der Waals surface area contributed by atoms with Crippen LogP contribution < -0.4 is 10.0 Å². The molecular weight excluding hydrogens is 262 g/mol. The summed E-state index contributed by atoms with van der Waals surface area (Å²) in [4.78, 5) is 3.28. The molecule has 0 spiro atoms. The number of nitrogens with one attached hydrogen (secondary N) is 3. The highest BCUT2D eigenvalue weighted by atomic mass is 32.2. The monoisotopic (exact) mass is 287 g/mol. The van der Waals surface area contributed by atoms with E-state index in [0.717, 1.165) is 18.7 Å². The van der Waals surface area contributed by atoms with Gasteiger partial charge in [0.05, 0.1) is 4.90 Å². The van der Waals surface area contributed by atoms with E-state index >= 15 is 0 Å². The quantitative estimate of drug-likeness (QED) is 0.683. The van der Waals surface area contributed by atoms with Crippen molar-refractivity contribution in [2.75, 3.05) is 6.54 Å². The molecule has 3 N–H and O–H groups in total. The minimum Gasteiger partial charge on any atom is -0.363 e. The number of H-pyrrole nitrogens is 1. The van der Waals surface area contributed by atoms with Gasteiger partial charge in [-0.1, -0.05) is 27.2 Å². The number of aromatic nitrogens is 1. The summed E-state index contributed by atoms with van der Waals surface area (Å²) in [5.74, 6) is 0.315. The number of sulfonamides is 1. The van der Waals surface area contributed by atoms with Crippen molar-refractivity contribution in [3.8, 4) is 0 Å². The highest BCUT2D eigenvalue weighted by Gasteiger charge is 2.21. The Kier molecular flexibility index (Phi) is 6.03. The first kappa shape index (κ1) is 16.2. The Morgan fingerprint density at radius 1 is 1.32 bits per heavy atom. The molecule has 0 fully saturated rings. The molecule has 1 aromatic heterocycles. The molecule has 0 aliphatic carbocycles. The summed E-state index contributed by atoms with van der Waals surface area (Å²) in [6.07, 6.45) is 2.49. The summed E-state index contributed by atoms with van der Waals surface area (Å²) < 4.78 is 27.1. The summed E-state index contributed by atoms with van der Waals surface area (Å²) in [5.41, 5.74) is 0.874. The van der Waals surface area contributed by atoms with E-state index in [1.165, 1.54) is 0 Å². The molecule has 0 amide bonds. The van der Waals surface area contributed by atoms with E-state index in [1.807, 2.05) is 20.8 Å². The average Bonchev–Trinajstić information content (AvgIpc) is 2.84. The van der Waals surface area contributed by atoms with Crippen molar-refractivity contribution in [2.45, 2.75) is 51.6 Å². The zero-order valence-electron chi connectivity index (χ0n) is 12.2. The fourth-order valence-electron chi connectivity index (χ4n) is 1.72. The Morgan fingerprint density at radius 3 is 2.58 bits per heavy atom. The lowest BCUT2D eigenvalue weighted by Crippen LogP contribution is -2.36. The van der Waals surface area contributed by atoms with Crippen molar-refractivity contribution < 1.29 is 8.42 Å². The van der Waals surface area contributed by atoms with Gasteiger partial charge in [-0.25, -0.2) is 13.1 Å². The lowest BCUT2D eigenvalue weighted by Gasteiger charge is -2.19. The predicted molar refractivity (Wildman–Crippen MR) is 77.4 cm³/mol. The van der Waals surface area contributed by atoms with Gasteiger partial charge in [-0.3, -0.25) is 0 Å².